The minimum absolute atomic E-state index is 0.0711. The number of rotatable bonds is 4. The number of hydrogen-bond acceptors (Lipinski definition) is 4. The summed E-state index contributed by atoms with van der Waals surface area (Å²) >= 11 is 0. The molecular weight excluding hydrogens is 264 g/mol. The fourth-order valence-electron chi connectivity index (χ4n) is 2.47. The van der Waals surface area contributed by atoms with Crippen LogP contribution >= 0.6 is 0 Å². The SMILES string of the molecule is CC1(C)[C@H](C(=O)O)[C@@H]1C(=O)Nc1ccc([N+](=O)[O-])cc1. The number of benzene rings is 1. The van der Waals surface area contributed by atoms with E-state index in [1.807, 2.05) is 0 Å². The standard InChI is InChI=1S/C13H14N2O5/c1-13(2)9(10(13)12(17)18)11(16)14-7-3-5-8(6-4-7)15(19)20/h3-6,9-10H,1-2H3,(H,14,16)(H,17,18)/t9-,10+/m1/s1. The van der Waals surface area contributed by atoms with E-state index in [1.165, 1.54) is 24.3 Å². The lowest BCUT2D eigenvalue weighted by atomic mass is 10.1. The number of carboxylic acid groups (broad SMARTS) is 1. The summed E-state index contributed by atoms with van der Waals surface area (Å²) in [5.41, 5.74) is -0.234. The molecule has 1 fully saturated rings. The Morgan fingerprint density at radius 2 is 1.80 bits per heavy atom. The monoisotopic (exact) mass is 278 g/mol. The Labute approximate surface area is 114 Å². The van der Waals surface area contributed by atoms with E-state index in [-0.39, 0.29) is 11.6 Å². The van der Waals surface area contributed by atoms with Crippen molar-refractivity contribution < 1.29 is 19.6 Å². The molecule has 20 heavy (non-hydrogen) atoms. The van der Waals surface area contributed by atoms with Gasteiger partial charge in [0.2, 0.25) is 5.91 Å². The molecule has 7 heteroatoms. The Bertz CT molecular complexity index is 579. The smallest absolute Gasteiger partial charge is 0.307 e. The van der Waals surface area contributed by atoms with Crippen LogP contribution in [0.15, 0.2) is 24.3 Å². The van der Waals surface area contributed by atoms with Gasteiger partial charge in [-0.1, -0.05) is 13.8 Å². The molecule has 7 nitrogen and oxygen atoms in total. The van der Waals surface area contributed by atoms with Crippen LogP contribution in [-0.4, -0.2) is 21.9 Å². The summed E-state index contributed by atoms with van der Waals surface area (Å²) in [7, 11) is 0. The number of anilines is 1. The molecule has 2 N–H and O–H groups in total. The number of aliphatic carboxylic acids is 1. The van der Waals surface area contributed by atoms with Crippen LogP contribution in [-0.2, 0) is 9.59 Å². The van der Waals surface area contributed by atoms with Gasteiger partial charge in [0.05, 0.1) is 16.8 Å². The fraction of sp³-hybridized carbons (Fsp3) is 0.385. The molecule has 0 radical (unpaired) electrons. The molecular formula is C13H14N2O5. The molecule has 0 heterocycles. The minimum Gasteiger partial charge on any atom is -0.481 e. The normalized spacial score (nSPS) is 22.9. The van der Waals surface area contributed by atoms with Crippen molar-refractivity contribution in [1.82, 2.24) is 0 Å². The van der Waals surface area contributed by atoms with Gasteiger partial charge in [0.1, 0.15) is 0 Å². The number of carbonyl (C=O) groups excluding carboxylic acids is 1. The topological polar surface area (TPSA) is 110 Å². The molecule has 0 bridgehead atoms. The van der Waals surface area contributed by atoms with E-state index >= 15 is 0 Å². The molecule has 0 aromatic heterocycles. The molecule has 0 saturated heterocycles. The van der Waals surface area contributed by atoms with Gasteiger partial charge in [-0.15, -0.1) is 0 Å². The highest BCUT2D eigenvalue weighted by Gasteiger charge is 2.65. The van der Waals surface area contributed by atoms with Gasteiger partial charge in [-0.25, -0.2) is 0 Å². The van der Waals surface area contributed by atoms with Crippen molar-refractivity contribution in [3.05, 3.63) is 34.4 Å². The van der Waals surface area contributed by atoms with E-state index < -0.39 is 28.1 Å². The molecule has 106 valence electrons. The highest BCUT2D eigenvalue weighted by atomic mass is 16.6. The number of nitrogens with one attached hydrogen (secondary N) is 1. The van der Waals surface area contributed by atoms with Crippen LogP contribution in [0.2, 0.25) is 0 Å². The van der Waals surface area contributed by atoms with E-state index in [2.05, 4.69) is 5.32 Å². The van der Waals surface area contributed by atoms with Gasteiger partial charge >= 0.3 is 5.97 Å². The fourth-order valence-corrected chi connectivity index (χ4v) is 2.47. The third-order valence-electron chi connectivity index (χ3n) is 3.72. The second-order valence-corrected chi connectivity index (χ2v) is 5.41. The third-order valence-corrected chi connectivity index (χ3v) is 3.72. The zero-order valence-electron chi connectivity index (χ0n) is 11.0. The minimum atomic E-state index is -0.987. The number of non-ortho nitro benzene ring substituents is 1. The van der Waals surface area contributed by atoms with Crippen LogP contribution in [0, 0.1) is 27.4 Å². The van der Waals surface area contributed by atoms with Gasteiger partial charge in [-0.3, -0.25) is 19.7 Å². The maximum absolute atomic E-state index is 12.0. The van der Waals surface area contributed by atoms with Gasteiger partial charge in [0.25, 0.3) is 5.69 Å². The lowest BCUT2D eigenvalue weighted by Crippen LogP contribution is -2.17. The largest absolute Gasteiger partial charge is 0.481 e. The summed E-state index contributed by atoms with van der Waals surface area (Å²) in [6.45, 7) is 3.46. The molecule has 2 atom stereocenters. The van der Waals surface area contributed by atoms with Crippen LogP contribution < -0.4 is 5.32 Å². The summed E-state index contributed by atoms with van der Waals surface area (Å²) in [5, 5.41) is 22.1. The average molecular weight is 278 g/mol. The van der Waals surface area contributed by atoms with Crippen molar-refractivity contribution in [3.8, 4) is 0 Å². The first-order valence-electron chi connectivity index (χ1n) is 6.03. The van der Waals surface area contributed by atoms with Gasteiger partial charge in [0.15, 0.2) is 0 Å². The predicted molar refractivity (Wildman–Crippen MR) is 70.1 cm³/mol. The number of nitro benzene ring substituents is 1. The van der Waals surface area contributed by atoms with Crippen LogP contribution in [0.1, 0.15) is 13.8 Å². The van der Waals surface area contributed by atoms with Crippen molar-refractivity contribution >= 4 is 23.3 Å². The van der Waals surface area contributed by atoms with E-state index in [4.69, 9.17) is 5.11 Å². The predicted octanol–water partition coefficient (Wildman–Crippen LogP) is 1.89. The second kappa shape index (κ2) is 4.59. The molecule has 1 amide bonds. The summed E-state index contributed by atoms with van der Waals surface area (Å²) in [6.07, 6.45) is 0. The van der Waals surface area contributed by atoms with Crippen LogP contribution in [0.3, 0.4) is 0 Å². The summed E-state index contributed by atoms with van der Waals surface area (Å²) < 4.78 is 0. The first-order chi connectivity index (χ1) is 9.25. The van der Waals surface area contributed by atoms with Gasteiger partial charge < -0.3 is 10.4 Å². The molecule has 1 aromatic rings. The summed E-state index contributed by atoms with van der Waals surface area (Å²) in [4.78, 5) is 33.0. The van der Waals surface area contributed by atoms with Crippen LogP contribution in [0.4, 0.5) is 11.4 Å². The lowest BCUT2D eigenvalue weighted by Gasteiger charge is -2.05. The lowest BCUT2D eigenvalue weighted by molar-refractivity contribution is -0.384. The second-order valence-electron chi connectivity index (χ2n) is 5.41. The van der Waals surface area contributed by atoms with E-state index in [9.17, 15) is 19.7 Å². The molecule has 1 saturated carbocycles. The number of nitrogens with zero attached hydrogens (tertiary/aromatic N) is 1. The summed E-state index contributed by atoms with van der Waals surface area (Å²) in [5.74, 6) is -2.65. The van der Waals surface area contributed by atoms with Crippen molar-refractivity contribution in [2.24, 2.45) is 17.3 Å². The van der Waals surface area contributed by atoms with Crippen molar-refractivity contribution in [2.45, 2.75) is 13.8 Å². The molecule has 0 spiro atoms. The Morgan fingerprint density at radius 3 is 2.20 bits per heavy atom. The quantitative estimate of drug-likeness (QED) is 0.645. The molecule has 1 aromatic carbocycles. The van der Waals surface area contributed by atoms with Gasteiger partial charge in [0, 0.05) is 17.8 Å². The third kappa shape index (κ3) is 2.34. The molecule has 1 aliphatic carbocycles. The van der Waals surface area contributed by atoms with E-state index in [0.29, 0.717) is 5.69 Å². The highest BCUT2D eigenvalue weighted by molar-refractivity contribution is 5.99. The maximum atomic E-state index is 12.0. The summed E-state index contributed by atoms with van der Waals surface area (Å²) in [6, 6.07) is 5.40. The Kier molecular flexibility index (Phi) is 3.21. The van der Waals surface area contributed by atoms with E-state index in [0.717, 1.165) is 0 Å². The van der Waals surface area contributed by atoms with Gasteiger partial charge in [-0.05, 0) is 17.5 Å². The molecule has 1 aliphatic rings. The van der Waals surface area contributed by atoms with Crippen molar-refractivity contribution in [1.29, 1.82) is 0 Å². The number of nitro groups is 1. The average Bonchev–Trinajstić information content (AvgIpc) is 2.93. The molecule has 0 aliphatic heterocycles. The van der Waals surface area contributed by atoms with Crippen molar-refractivity contribution in [2.75, 3.05) is 5.32 Å². The van der Waals surface area contributed by atoms with Crippen LogP contribution in [0.5, 0.6) is 0 Å². The first kappa shape index (κ1) is 14.0. The number of carboxylic acids is 1. The zero-order chi connectivity index (χ0) is 15.1. The molecule has 2 rings (SSSR count). The Hall–Kier alpha value is -2.44. The van der Waals surface area contributed by atoms with Gasteiger partial charge in [-0.2, -0.15) is 0 Å². The highest BCUT2D eigenvalue weighted by Crippen LogP contribution is 2.58. The Balaban J connectivity index is 2.06. The number of hydrogen-bond donors (Lipinski definition) is 2. The van der Waals surface area contributed by atoms with E-state index in [1.54, 1.807) is 13.8 Å². The first-order valence-corrected chi connectivity index (χ1v) is 6.03. The maximum Gasteiger partial charge on any atom is 0.307 e. The Morgan fingerprint density at radius 1 is 1.25 bits per heavy atom. The number of carbonyl (C=O) groups is 2. The number of amides is 1. The van der Waals surface area contributed by atoms with Crippen LogP contribution in [0.25, 0.3) is 0 Å². The molecule has 0 unspecified atom stereocenters. The zero-order valence-corrected chi connectivity index (χ0v) is 11.0. The van der Waals surface area contributed by atoms with Crippen molar-refractivity contribution in [3.63, 3.8) is 0 Å².